The number of anilines is 1. The monoisotopic (exact) mass is 585 g/mol. The summed E-state index contributed by atoms with van der Waals surface area (Å²) in [4.78, 5) is 29.7. The molecule has 0 aliphatic carbocycles. The van der Waals surface area contributed by atoms with Crippen LogP contribution < -0.4 is 15.5 Å². The SMILES string of the molecule is C[C@H](O)CNC(C)(C)CC(=O)N[C@@H]1CSc2ccccc2N(Cc2ccc(-c3ccccc3-n3cnnn3)cc2)C1=O. The van der Waals surface area contributed by atoms with Crippen molar-refractivity contribution in [3.63, 3.8) is 0 Å². The Kier molecular flexibility index (Phi) is 9.00. The van der Waals surface area contributed by atoms with Gasteiger partial charge in [0.05, 0.1) is 24.0 Å². The van der Waals surface area contributed by atoms with Gasteiger partial charge in [-0.2, -0.15) is 4.68 Å². The van der Waals surface area contributed by atoms with Gasteiger partial charge in [0.1, 0.15) is 12.4 Å². The predicted molar refractivity (Wildman–Crippen MR) is 163 cm³/mol. The van der Waals surface area contributed by atoms with Gasteiger partial charge in [-0.3, -0.25) is 9.59 Å². The lowest BCUT2D eigenvalue weighted by Crippen LogP contribution is -2.52. The van der Waals surface area contributed by atoms with Crippen molar-refractivity contribution in [2.24, 2.45) is 0 Å². The minimum atomic E-state index is -0.676. The number of rotatable bonds is 10. The number of amides is 2. The Morgan fingerprint density at radius 1 is 1.07 bits per heavy atom. The topological polar surface area (TPSA) is 125 Å². The number of carbonyl (C=O) groups is 2. The van der Waals surface area contributed by atoms with E-state index in [1.54, 1.807) is 34.6 Å². The van der Waals surface area contributed by atoms with E-state index in [0.29, 0.717) is 18.8 Å². The fourth-order valence-electron chi connectivity index (χ4n) is 4.91. The number of fused-ring (bicyclic) bond motifs is 1. The van der Waals surface area contributed by atoms with Gasteiger partial charge >= 0.3 is 0 Å². The number of para-hydroxylation sites is 2. The summed E-state index contributed by atoms with van der Waals surface area (Å²) in [6, 6.07) is 23.2. The van der Waals surface area contributed by atoms with Crippen molar-refractivity contribution in [2.45, 2.75) is 56.3 Å². The molecule has 0 saturated heterocycles. The van der Waals surface area contributed by atoms with Crippen LogP contribution in [0.5, 0.6) is 0 Å². The van der Waals surface area contributed by atoms with Gasteiger partial charge < -0.3 is 20.6 Å². The molecule has 5 rings (SSSR count). The second kappa shape index (κ2) is 12.8. The standard InChI is InChI=1S/C31H35N7O3S/c1-21(39)17-32-31(2,3)16-29(40)34-25-19-42-28-11-7-6-10-27(28)37(30(25)41)18-22-12-14-23(15-13-22)24-8-4-5-9-26(24)38-20-33-35-36-38/h4-15,20-21,25,32,39H,16-19H2,1-3H3,(H,34,40)/t21-,25+/m0/s1. The first-order valence-electron chi connectivity index (χ1n) is 13.9. The van der Waals surface area contributed by atoms with E-state index in [-0.39, 0.29) is 18.2 Å². The largest absolute Gasteiger partial charge is 0.392 e. The van der Waals surface area contributed by atoms with Crippen molar-refractivity contribution >= 4 is 29.3 Å². The smallest absolute Gasteiger partial charge is 0.250 e. The zero-order valence-corrected chi connectivity index (χ0v) is 24.7. The molecule has 42 heavy (non-hydrogen) atoms. The summed E-state index contributed by atoms with van der Waals surface area (Å²) in [7, 11) is 0. The number of aromatic nitrogens is 4. The highest BCUT2D eigenvalue weighted by Gasteiger charge is 2.33. The Bertz CT molecular complexity index is 1520. The number of nitrogens with zero attached hydrogens (tertiary/aromatic N) is 5. The highest BCUT2D eigenvalue weighted by molar-refractivity contribution is 7.99. The summed E-state index contributed by atoms with van der Waals surface area (Å²) in [6.07, 6.45) is 1.22. The number of tetrazole rings is 1. The van der Waals surface area contributed by atoms with E-state index in [4.69, 9.17) is 0 Å². The maximum Gasteiger partial charge on any atom is 0.250 e. The summed E-state index contributed by atoms with van der Waals surface area (Å²) in [5.41, 5.74) is 4.11. The van der Waals surface area contributed by atoms with E-state index < -0.39 is 17.7 Å². The van der Waals surface area contributed by atoms with E-state index in [1.165, 1.54) is 0 Å². The molecule has 0 bridgehead atoms. The molecule has 2 heterocycles. The maximum absolute atomic E-state index is 13.9. The predicted octanol–water partition coefficient (Wildman–Crippen LogP) is 3.59. The van der Waals surface area contributed by atoms with Gasteiger partial charge in [0, 0.05) is 34.7 Å². The summed E-state index contributed by atoms with van der Waals surface area (Å²) in [5, 5.41) is 27.4. The van der Waals surface area contributed by atoms with Gasteiger partial charge in [-0.15, -0.1) is 16.9 Å². The van der Waals surface area contributed by atoms with Crippen LogP contribution in [0.3, 0.4) is 0 Å². The van der Waals surface area contributed by atoms with Crippen LogP contribution in [0.25, 0.3) is 16.8 Å². The number of thioether (sulfide) groups is 1. The lowest BCUT2D eigenvalue weighted by Gasteiger charge is -2.29. The first-order chi connectivity index (χ1) is 20.2. The number of carbonyl (C=O) groups excluding carboxylic acids is 2. The molecule has 3 N–H and O–H groups in total. The molecule has 1 aromatic heterocycles. The molecule has 0 spiro atoms. The molecule has 0 saturated carbocycles. The molecular weight excluding hydrogens is 550 g/mol. The minimum absolute atomic E-state index is 0.149. The average Bonchev–Trinajstić information content (AvgIpc) is 3.48. The second-order valence-electron chi connectivity index (χ2n) is 11.1. The summed E-state index contributed by atoms with van der Waals surface area (Å²) < 4.78 is 1.63. The number of nitrogens with one attached hydrogen (secondary N) is 2. The number of β-amino-alcohol motifs (C(OH)–C–C–N with tert-alkyl or cyclic N) is 1. The molecular formula is C31H35N7O3S. The molecule has 0 radical (unpaired) electrons. The highest BCUT2D eigenvalue weighted by atomic mass is 32.2. The van der Waals surface area contributed by atoms with Crippen molar-refractivity contribution in [3.05, 3.63) is 84.7 Å². The fourth-order valence-corrected chi connectivity index (χ4v) is 5.99. The molecule has 1 aliphatic rings. The van der Waals surface area contributed by atoms with Crippen molar-refractivity contribution < 1.29 is 14.7 Å². The van der Waals surface area contributed by atoms with Crippen molar-refractivity contribution in [1.29, 1.82) is 0 Å². The molecule has 1 aliphatic heterocycles. The quantitative estimate of drug-likeness (QED) is 0.258. The summed E-state index contributed by atoms with van der Waals surface area (Å²) in [6.45, 7) is 6.25. The maximum atomic E-state index is 13.9. The molecule has 11 heteroatoms. The van der Waals surface area contributed by atoms with Crippen LogP contribution in [0, 0.1) is 0 Å². The van der Waals surface area contributed by atoms with Gasteiger partial charge in [0.15, 0.2) is 0 Å². The highest BCUT2D eigenvalue weighted by Crippen LogP contribution is 2.35. The van der Waals surface area contributed by atoms with E-state index in [9.17, 15) is 14.7 Å². The van der Waals surface area contributed by atoms with Crippen LogP contribution in [0.2, 0.25) is 0 Å². The molecule has 0 unspecified atom stereocenters. The summed E-state index contributed by atoms with van der Waals surface area (Å²) >= 11 is 1.57. The molecule has 2 atom stereocenters. The van der Waals surface area contributed by atoms with Crippen molar-refractivity contribution in [2.75, 3.05) is 17.2 Å². The van der Waals surface area contributed by atoms with Crippen LogP contribution in [-0.2, 0) is 16.1 Å². The Morgan fingerprint density at radius 2 is 1.79 bits per heavy atom. The molecule has 3 aromatic carbocycles. The van der Waals surface area contributed by atoms with Crippen LogP contribution in [-0.4, -0.2) is 67.1 Å². The van der Waals surface area contributed by atoms with E-state index >= 15 is 0 Å². The number of aliphatic hydroxyl groups excluding tert-OH is 1. The van der Waals surface area contributed by atoms with Crippen molar-refractivity contribution in [3.8, 4) is 16.8 Å². The molecule has 2 amide bonds. The summed E-state index contributed by atoms with van der Waals surface area (Å²) in [5.74, 6) is 0.0733. The van der Waals surface area contributed by atoms with Crippen molar-refractivity contribution in [1.82, 2.24) is 30.8 Å². The van der Waals surface area contributed by atoms with Crippen LogP contribution in [0.15, 0.2) is 84.0 Å². The van der Waals surface area contributed by atoms with Gasteiger partial charge in [0.25, 0.3) is 5.91 Å². The normalized spacial score (nSPS) is 16.0. The average molecular weight is 586 g/mol. The fraction of sp³-hybridized carbons (Fsp3) is 0.323. The third-order valence-corrected chi connectivity index (χ3v) is 8.20. The minimum Gasteiger partial charge on any atom is -0.392 e. The Balaban J connectivity index is 1.34. The van der Waals surface area contributed by atoms with Gasteiger partial charge in [-0.25, -0.2) is 0 Å². The number of aliphatic hydroxyl groups is 1. The Labute approximate surface area is 249 Å². The van der Waals surface area contributed by atoms with Crippen LogP contribution in [0.1, 0.15) is 32.8 Å². The third-order valence-electron chi connectivity index (χ3n) is 7.04. The van der Waals surface area contributed by atoms with Gasteiger partial charge in [0.2, 0.25) is 5.91 Å². The van der Waals surface area contributed by atoms with Gasteiger partial charge in [-0.05, 0) is 60.5 Å². The molecule has 10 nitrogen and oxygen atoms in total. The third kappa shape index (κ3) is 7.04. The van der Waals surface area contributed by atoms with Gasteiger partial charge in [-0.1, -0.05) is 54.6 Å². The molecule has 4 aromatic rings. The Morgan fingerprint density at radius 3 is 2.50 bits per heavy atom. The van der Waals surface area contributed by atoms with Crippen LogP contribution in [0.4, 0.5) is 5.69 Å². The van der Waals surface area contributed by atoms with E-state index in [1.807, 2.05) is 86.6 Å². The number of benzene rings is 3. The first-order valence-corrected chi connectivity index (χ1v) is 14.9. The second-order valence-corrected chi connectivity index (χ2v) is 12.1. The zero-order chi connectivity index (χ0) is 29.7. The first kappa shape index (κ1) is 29.4. The lowest BCUT2D eigenvalue weighted by molar-refractivity contribution is -0.127. The number of hydrogen-bond acceptors (Lipinski definition) is 8. The molecule has 218 valence electrons. The lowest BCUT2D eigenvalue weighted by atomic mass is 9.99. The number of hydrogen-bond donors (Lipinski definition) is 3. The Hall–Kier alpha value is -4.06. The van der Waals surface area contributed by atoms with E-state index in [0.717, 1.165) is 33.0 Å². The zero-order valence-electron chi connectivity index (χ0n) is 23.9. The molecule has 0 fully saturated rings. The van der Waals surface area contributed by atoms with E-state index in [2.05, 4.69) is 26.2 Å². The van der Waals surface area contributed by atoms with Crippen LogP contribution >= 0.6 is 11.8 Å².